The van der Waals surface area contributed by atoms with E-state index >= 15 is 4.79 Å². The molecule has 13 atom stereocenters. The molecule has 3 saturated heterocycles. The summed E-state index contributed by atoms with van der Waals surface area (Å²) in [5, 5.41) is 0.968. The van der Waals surface area contributed by atoms with Gasteiger partial charge in [0.2, 0.25) is 0 Å². The van der Waals surface area contributed by atoms with Gasteiger partial charge in [-0.2, -0.15) is 0 Å². The number of nitrogens with zero attached hydrogens (tertiary/aromatic N) is 3. The molecule has 0 radical (unpaired) electrons. The molecule has 4 heterocycles. The van der Waals surface area contributed by atoms with Crippen LogP contribution < -0.4 is 0 Å². The topological polar surface area (TPSA) is 169 Å². The quantitative estimate of drug-likeness (QED) is 0.0949. The van der Waals surface area contributed by atoms with Gasteiger partial charge in [0, 0.05) is 43.0 Å². The number of hydrogen-bond acceptors (Lipinski definition) is 14. The third-order valence-corrected chi connectivity index (χ3v) is 13.9. The lowest BCUT2D eigenvalue weighted by atomic mass is 9.73. The van der Waals surface area contributed by atoms with E-state index < -0.39 is 89.3 Å². The number of ketones is 2. The Hall–Kier alpha value is -5.06. The van der Waals surface area contributed by atoms with Crippen molar-refractivity contribution < 1.29 is 57.1 Å². The zero-order valence-electron chi connectivity index (χ0n) is 40.8. The van der Waals surface area contributed by atoms with E-state index in [9.17, 15) is 19.2 Å². The maximum Gasteiger partial charge on any atom is 0.411 e. The Bertz CT molecular complexity index is 2250. The maximum atomic E-state index is 15.1. The molecule has 0 spiro atoms. The summed E-state index contributed by atoms with van der Waals surface area (Å²) in [6.45, 7) is 14.2. The van der Waals surface area contributed by atoms with Crippen molar-refractivity contribution in [3.05, 3.63) is 84.1 Å². The number of carbonyl (C=O) groups is 5. The van der Waals surface area contributed by atoms with Crippen molar-refractivity contribution in [2.24, 2.45) is 23.7 Å². The number of pyridine rings is 1. The number of benzene rings is 2. The molecule has 3 fully saturated rings. The Labute approximate surface area is 394 Å². The van der Waals surface area contributed by atoms with Crippen molar-refractivity contribution in [1.82, 2.24) is 14.8 Å². The average molecular weight is 928 g/mol. The minimum Gasteiger partial charge on any atom is -0.458 e. The average Bonchev–Trinajstić information content (AvgIpc) is 3.58. The summed E-state index contributed by atoms with van der Waals surface area (Å²) in [6, 6.07) is 17.2. The Morgan fingerprint density at radius 3 is 2.34 bits per heavy atom. The van der Waals surface area contributed by atoms with Crippen LogP contribution in [0.4, 0.5) is 4.79 Å². The smallest absolute Gasteiger partial charge is 0.411 e. The standard InChI is InChI=1S/C52H69N3O12/c1-12-41-52(8)45(55(24-26-61-11)50(60)67-52)33(4)42(56)31(2)29-51(7,62-25-18-19-36-28-38-22-16-17-23-39(38)53-30-36)46(34(5)43(57)35(6)47(58)64-41)66-49-44(40(54(9)10)27-32(3)63-49)65-48(59)37-20-14-13-15-21-37/h13-23,28,30-35,40-41,44-46,49H,12,24-27,29H2,1-11H3/b19-18+/t31-,32-,33+,34+,35-,40+,41-,44-,45-,46-,49+,51-,52-/m1/s1. The summed E-state index contributed by atoms with van der Waals surface area (Å²) < 4.78 is 44.5. The Kier molecular flexibility index (Phi) is 16.8. The van der Waals surface area contributed by atoms with E-state index in [0.717, 1.165) is 16.5 Å². The van der Waals surface area contributed by atoms with Crippen molar-refractivity contribution in [3.8, 4) is 0 Å². The summed E-state index contributed by atoms with van der Waals surface area (Å²) in [6.07, 6.45) is 0.793. The number of cyclic esters (lactones) is 1. The fourth-order valence-corrected chi connectivity index (χ4v) is 10.3. The number of carbonyl (C=O) groups excluding carboxylic acids is 5. The molecule has 3 aliphatic heterocycles. The van der Waals surface area contributed by atoms with E-state index in [1.807, 2.05) is 68.4 Å². The fraction of sp³-hybridized carbons (Fsp3) is 0.577. The number of Topliss-reactive ketones (excluding diaryl/α,β-unsaturated/α-hetero) is 2. The third-order valence-electron chi connectivity index (χ3n) is 13.9. The van der Waals surface area contributed by atoms with Gasteiger partial charge in [-0.05, 0) is 90.9 Å². The molecule has 15 heteroatoms. The zero-order valence-corrected chi connectivity index (χ0v) is 40.8. The van der Waals surface area contributed by atoms with E-state index in [1.165, 1.54) is 18.9 Å². The number of para-hydroxylation sites is 1. The molecule has 0 bridgehead atoms. The van der Waals surface area contributed by atoms with Crippen LogP contribution in [0.5, 0.6) is 0 Å². The van der Waals surface area contributed by atoms with Crippen LogP contribution in [0.25, 0.3) is 17.0 Å². The molecule has 3 aromatic rings. The fourth-order valence-electron chi connectivity index (χ4n) is 10.3. The number of ether oxygens (including phenoxy) is 7. The van der Waals surface area contributed by atoms with E-state index in [4.69, 9.17) is 33.2 Å². The molecule has 6 rings (SSSR count). The molecular weight excluding hydrogens is 859 g/mol. The SMILES string of the molecule is CC[C@H]1OC(=O)[C@H](C)C(=O)[C@H](C)[C@@H](O[C@@H]2O[C@H](C)C[C@H](N(C)C)[C@H]2OC(=O)c2ccccc2)[C@](C)(OC/C=C/c2cnc3ccccc3c2)C[C@@H](C)C(=O)[C@H](C)[C@H]2N(CCOC)C(=O)O[C@]12C. The van der Waals surface area contributed by atoms with Gasteiger partial charge >= 0.3 is 18.0 Å². The van der Waals surface area contributed by atoms with E-state index in [0.29, 0.717) is 12.0 Å². The number of amides is 1. The third kappa shape index (κ3) is 11.3. The van der Waals surface area contributed by atoms with Crippen molar-refractivity contribution in [2.45, 2.75) is 129 Å². The second-order valence-electron chi connectivity index (χ2n) is 19.1. The van der Waals surface area contributed by atoms with Crippen molar-refractivity contribution in [1.29, 1.82) is 0 Å². The molecule has 0 unspecified atom stereocenters. The summed E-state index contributed by atoms with van der Waals surface area (Å²) in [5.74, 6) is -6.09. The summed E-state index contributed by atoms with van der Waals surface area (Å²) in [5.41, 5.74) is -0.882. The van der Waals surface area contributed by atoms with Crippen LogP contribution in [0.2, 0.25) is 0 Å². The zero-order chi connectivity index (χ0) is 48.8. The van der Waals surface area contributed by atoms with Crippen molar-refractivity contribution in [2.75, 3.05) is 41.0 Å². The van der Waals surface area contributed by atoms with Crippen LogP contribution in [-0.2, 0) is 47.5 Å². The number of rotatable bonds is 13. The van der Waals surface area contributed by atoms with Crippen LogP contribution in [-0.4, -0.2) is 139 Å². The molecule has 67 heavy (non-hydrogen) atoms. The lowest BCUT2D eigenvalue weighted by Crippen LogP contribution is -2.61. The van der Waals surface area contributed by atoms with Gasteiger partial charge in [0.1, 0.15) is 17.8 Å². The van der Waals surface area contributed by atoms with Crippen molar-refractivity contribution >= 4 is 46.6 Å². The van der Waals surface area contributed by atoms with E-state index in [-0.39, 0.29) is 50.5 Å². The first-order chi connectivity index (χ1) is 31.8. The Balaban J connectivity index is 1.45. The predicted molar refractivity (Wildman–Crippen MR) is 251 cm³/mol. The van der Waals surface area contributed by atoms with Gasteiger partial charge < -0.3 is 38.1 Å². The molecule has 2 aromatic carbocycles. The van der Waals surface area contributed by atoms with Crippen LogP contribution in [0.3, 0.4) is 0 Å². The summed E-state index contributed by atoms with van der Waals surface area (Å²) >= 11 is 0. The first kappa shape index (κ1) is 51.3. The van der Waals surface area contributed by atoms with Gasteiger partial charge in [0.15, 0.2) is 23.8 Å². The molecular formula is C52H69N3O12. The molecule has 0 saturated carbocycles. The van der Waals surface area contributed by atoms with Crippen LogP contribution in [0, 0.1) is 23.7 Å². The van der Waals surface area contributed by atoms with Gasteiger partial charge in [0.25, 0.3) is 0 Å². The number of hydrogen-bond donors (Lipinski definition) is 0. The van der Waals surface area contributed by atoms with E-state index in [2.05, 4.69) is 4.98 Å². The highest BCUT2D eigenvalue weighted by Gasteiger charge is 2.60. The second kappa shape index (κ2) is 21.9. The highest BCUT2D eigenvalue weighted by Crippen LogP contribution is 2.43. The molecule has 1 amide bonds. The molecule has 1 aromatic heterocycles. The molecule has 0 N–H and O–H groups in total. The lowest BCUT2D eigenvalue weighted by Gasteiger charge is -2.48. The Morgan fingerprint density at radius 1 is 0.955 bits per heavy atom. The van der Waals surface area contributed by atoms with Gasteiger partial charge in [-0.15, -0.1) is 0 Å². The van der Waals surface area contributed by atoms with Gasteiger partial charge in [-0.3, -0.25) is 24.3 Å². The van der Waals surface area contributed by atoms with Gasteiger partial charge in [-0.25, -0.2) is 9.59 Å². The maximum absolute atomic E-state index is 15.1. The first-order valence-corrected chi connectivity index (χ1v) is 23.5. The summed E-state index contributed by atoms with van der Waals surface area (Å²) in [7, 11) is 5.29. The van der Waals surface area contributed by atoms with Gasteiger partial charge in [0.05, 0.1) is 54.2 Å². The number of fused-ring (bicyclic) bond motifs is 2. The number of likely N-dealkylation sites (N-methyl/N-ethyl adjacent to an activating group) is 1. The molecule has 15 nitrogen and oxygen atoms in total. The van der Waals surface area contributed by atoms with Crippen LogP contribution >= 0.6 is 0 Å². The first-order valence-electron chi connectivity index (χ1n) is 23.5. The predicted octanol–water partition coefficient (Wildman–Crippen LogP) is 7.33. The normalized spacial score (nSPS) is 33.4. The minimum atomic E-state index is -1.46. The molecule has 364 valence electrons. The molecule has 3 aliphatic rings. The minimum absolute atomic E-state index is 0.0127. The monoisotopic (exact) mass is 927 g/mol. The van der Waals surface area contributed by atoms with Crippen molar-refractivity contribution in [3.63, 3.8) is 0 Å². The highest BCUT2D eigenvalue weighted by molar-refractivity contribution is 6.00. The van der Waals surface area contributed by atoms with E-state index in [1.54, 1.807) is 78.1 Å². The van der Waals surface area contributed by atoms with Crippen LogP contribution in [0.1, 0.15) is 90.6 Å². The largest absolute Gasteiger partial charge is 0.458 e. The van der Waals surface area contributed by atoms with Crippen LogP contribution in [0.15, 0.2) is 72.9 Å². The van der Waals surface area contributed by atoms with Gasteiger partial charge in [-0.1, -0.05) is 76.2 Å². The number of esters is 2. The Morgan fingerprint density at radius 2 is 1.66 bits per heavy atom. The lowest BCUT2D eigenvalue weighted by molar-refractivity contribution is -0.296. The molecule has 0 aliphatic carbocycles. The highest BCUT2D eigenvalue weighted by atomic mass is 16.7. The summed E-state index contributed by atoms with van der Waals surface area (Å²) in [4.78, 5) is 79.8. The second-order valence-corrected chi connectivity index (χ2v) is 19.1. The number of methoxy groups -OCH3 is 1. The number of aromatic nitrogens is 1.